The zero-order valence-corrected chi connectivity index (χ0v) is 13.5. The molecule has 0 aliphatic rings. The van der Waals surface area contributed by atoms with Gasteiger partial charge in [-0.15, -0.1) is 22.9 Å². The summed E-state index contributed by atoms with van der Waals surface area (Å²) in [5.41, 5.74) is 2.93. The average molecular weight is 323 g/mol. The van der Waals surface area contributed by atoms with Gasteiger partial charge in [0.2, 0.25) is 0 Å². The third kappa shape index (κ3) is 2.70. The van der Waals surface area contributed by atoms with Crippen LogP contribution < -0.4 is 0 Å². The summed E-state index contributed by atoms with van der Waals surface area (Å²) in [7, 11) is 0. The van der Waals surface area contributed by atoms with Gasteiger partial charge in [-0.05, 0) is 42.5 Å². The molecule has 0 bridgehead atoms. The number of hydrogen-bond acceptors (Lipinski definition) is 2. The maximum absolute atomic E-state index is 13.4. The van der Waals surface area contributed by atoms with Crippen molar-refractivity contribution in [3.63, 3.8) is 0 Å². The summed E-state index contributed by atoms with van der Waals surface area (Å²) in [6.07, 6.45) is 1.01. The van der Waals surface area contributed by atoms with Crippen LogP contribution >= 0.6 is 22.9 Å². The van der Waals surface area contributed by atoms with Gasteiger partial charge in [-0.25, -0.2) is 9.37 Å². The van der Waals surface area contributed by atoms with E-state index in [9.17, 15) is 4.39 Å². The molecular weight excluding hydrogens is 307 g/mol. The molecule has 0 saturated heterocycles. The Morgan fingerprint density at radius 2 is 2.19 bits per heavy atom. The highest BCUT2D eigenvalue weighted by atomic mass is 35.5. The van der Waals surface area contributed by atoms with Crippen LogP contribution in [0.5, 0.6) is 0 Å². The normalized spacial score (nSPS) is 13.0. The first-order valence-electron chi connectivity index (χ1n) is 6.95. The highest BCUT2D eigenvalue weighted by Gasteiger charge is 2.17. The maximum Gasteiger partial charge on any atom is 0.128 e. The Balaban J connectivity index is 2.13. The molecule has 0 aliphatic heterocycles. The summed E-state index contributed by atoms with van der Waals surface area (Å²) >= 11 is 8.00. The number of alkyl halides is 1. The Labute approximate surface area is 132 Å². The number of rotatable bonds is 4. The van der Waals surface area contributed by atoms with Crippen LogP contribution in [0.25, 0.3) is 11.0 Å². The second kappa shape index (κ2) is 5.78. The van der Waals surface area contributed by atoms with Crippen LogP contribution in [-0.4, -0.2) is 9.55 Å². The Kier molecular flexibility index (Phi) is 4.00. The van der Waals surface area contributed by atoms with Crippen LogP contribution in [0.2, 0.25) is 0 Å². The van der Waals surface area contributed by atoms with Crippen molar-refractivity contribution < 1.29 is 4.39 Å². The molecular formula is C16H16ClFN2S. The van der Waals surface area contributed by atoms with Gasteiger partial charge >= 0.3 is 0 Å². The van der Waals surface area contributed by atoms with E-state index >= 15 is 0 Å². The summed E-state index contributed by atoms with van der Waals surface area (Å²) in [5.74, 6) is 0.513. The third-order valence-corrected chi connectivity index (χ3v) is 4.76. The Morgan fingerprint density at radius 1 is 1.38 bits per heavy atom. The molecule has 2 aromatic heterocycles. The third-order valence-electron chi connectivity index (χ3n) is 3.62. The van der Waals surface area contributed by atoms with Gasteiger partial charge in [0, 0.05) is 10.9 Å². The lowest BCUT2D eigenvalue weighted by Crippen LogP contribution is -2.06. The fourth-order valence-corrected chi connectivity index (χ4v) is 3.69. The molecule has 0 saturated carbocycles. The van der Waals surface area contributed by atoms with E-state index in [4.69, 9.17) is 11.6 Å². The molecule has 2 heterocycles. The SMILES string of the molecule is CCc1ccsc1Cn1c(C(C)Cl)nc2cc(F)ccc21. The van der Waals surface area contributed by atoms with Crippen molar-refractivity contribution in [2.24, 2.45) is 0 Å². The molecule has 0 N–H and O–H groups in total. The summed E-state index contributed by atoms with van der Waals surface area (Å²) in [5, 5.41) is 1.89. The number of nitrogens with zero attached hydrogens (tertiary/aromatic N) is 2. The van der Waals surface area contributed by atoms with Crippen LogP contribution in [-0.2, 0) is 13.0 Å². The molecule has 2 nitrogen and oxygen atoms in total. The summed E-state index contributed by atoms with van der Waals surface area (Å²) < 4.78 is 15.5. The molecule has 110 valence electrons. The van der Waals surface area contributed by atoms with E-state index in [2.05, 4.69) is 27.9 Å². The lowest BCUT2D eigenvalue weighted by molar-refractivity contribution is 0.629. The van der Waals surface area contributed by atoms with Crippen molar-refractivity contribution in [2.45, 2.75) is 32.2 Å². The predicted octanol–water partition coefficient (Wildman–Crippen LogP) is 5.15. The smallest absolute Gasteiger partial charge is 0.128 e. The average Bonchev–Trinajstić information content (AvgIpc) is 3.03. The standard InChI is InChI=1S/C16H16ClFN2S/c1-3-11-6-7-21-15(11)9-20-14-5-4-12(18)8-13(14)19-16(20)10(2)17/h4-8,10H,3,9H2,1-2H3. The van der Waals surface area contributed by atoms with Crippen LogP contribution in [0.3, 0.4) is 0 Å². The van der Waals surface area contributed by atoms with E-state index in [-0.39, 0.29) is 11.2 Å². The predicted molar refractivity (Wildman–Crippen MR) is 86.8 cm³/mol. The summed E-state index contributed by atoms with van der Waals surface area (Å²) in [6, 6.07) is 6.87. The van der Waals surface area contributed by atoms with Gasteiger partial charge in [-0.1, -0.05) is 6.92 Å². The molecule has 0 radical (unpaired) electrons. The fraction of sp³-hybridized carbons (Fsp3) is 0.312. The molecule has 3 rings (SSSR count). The number of thiophene rings is 1. The second-order valence-corrected chi connectivity index (χ2v) is 6.68. The first kappa shape index (κ1) is 14.5. The molecule has 0 spiro atoms. The monoisotopic (exact) mass is 322 g/mol. The van der Waals surface area contributed by atoms with Crippen molar-refractivity contribution in [2.75, 3.05) is 0 Å². The van der Waals surface area contributed by atoms with Crippen LogP contribution in [0, 0.1) is 5.82 Å². The van der Waals surface area contributed by atoms with E-state index in [1.807, 2.05) is 6.92 Å². The van der Waals surface area contributed by atoms with E-state index < -0.39 is 0 Å². The van der Waals surface area contributed by atoms with Crippen molar-refractivity contribution >= 4 is 34.0 Å². The number of aromatic nitrogens is 2. The van der Waals surface area contributed by atoms with Crippen molar-refractivity contribution in [1.29, 1.82) is 0 Å². The molecule has 0 amide bonds. The van der Waals surface area contributed by atoms with Gasteiger partial charge in [0.05, 0.1) is 23.0 Å². The van der Waals surface area contributed by atoms with Gasteiger partial charge in [0.25, 0.3) is 0 Å². The minimum Gasteiger partial charge on any atom is -0.321 e. The molecule has 1 unspecified atom stereocenters. The summed E-state index contributed by atoms with van der Waals surface area (Å²) in [6.45, 7) is 4.78. The van der Waals surface area contributed by atoms with Crippen LogP contribution in [0.1, 0.15) is 35.5 Å². The minimum absolute atomic E-state index is 0.217. The Hall–Kier alpha value is -1.39. The number of halogens is 2. The van der Waals surface area contributed by atoms with E-state index in [0.29, 0.717) is 5.52 Å². The number of benzene rings is 1. The Morgan fingerprint density at radius 3 is 2.90 bits per heavy atom. The molecule has 3 aromatic rings. The van der Waals surface area contributed by atoms with Crippen LogP contribution in [0.4, 0.5) is 4.39 Å². The van der Waals surface area contributed by atoms with Gasteiger partial charge in [0.15, 0.2) is 0 Å². The zero-order valence-electron chi connectivity index (χ0n) is 11.9. The molecule has 1 aromatic carbocycles. The second-order valence-electron chi connectivity index (χ2n) is 5.03. The zero-order chi connectivity index (χ0) is 15.0. The quantitative estimate of drug-likeness (QED) is 0.607. The fourth-order valence-electron chi connectivity index (χ4n) is 2.56. The number of imidazole rings is 1. The molecule has 0 aliphatic carbocycles. The lowest BCUT2D eigenvalue weighted by Gasteiger charge is -2.10. The maximum atomic E-state index is 13.4. The van der Waals surface area contributed by atoms with Crippen molar-refractivity contribution in [1.82, 2.24) is 9.55 Å². The lowest BCUT2D eigenvalue weighted by atomic mass is 10.2. The topological polar surface area (TPSA) is 17.8 Å². The van der Waals surface area contributed by atoms with E-state index in [1.54, 1.807) is 17.4 Å². The van der Waals surface area contributed by atoms with Gasteiger partial charge in [-0.3, -0.25) is 0 Å². The number of fused-ring (bicyclic) bond motifs is 1. The van der Waals surface area contributed by atoms with Gasteiger partial charge in [0.1, 0.15) is 11.6 Å². The van der Waals surface area contributed by atoms with Crippen molar-refractivity contribution in [3.05, 3.63) is 51.7 Å². The van der Waals surface area contributed by atoms with Gasteiger partial charge < -0.3 is 4.57 Å². The first-order valence-corrected chi connectivity index (χ1v) is 8.26. The molecule has 0 fully saturated rings. The summed E-state index contributed by atoms with van der Waals surface area (Å²) in [4.78, 5) is 5.81. The molecule has 5 heteroatoms. The van der Waals surface area contributed by atoms with Crippen LogP contribution in [0.15, 0.2) is 29.6 Å². The molecule has 1 atom stereocenters. The highest BCUT2D eigenvalue weighted by Crippen LogP contribution is 2.28. The number of hydrogen-bond donors (Lipinski definition) is 0. The largest absolute Gasteiger partial charge is 0.321 e. The Bertz CT molecular complexity index is 776. The van der Waals surface area contributed by atoms with Gasteiger partial charge in [-0.2, -0.15) is 0 Å². The van der Waals surface area contributed by atoms with E-state index in [0.717, 1.165) is 24.3 Å². The highest BCUT2D eigenvalue weighted by molar-refractivity contribution is 7.10. The van der Waals surface area contributed by atoms with E-state index in [1.165, 1.54) is 22.6 Å². The minimum atomic E-state index is -0.272. The molecule has 21 heavy (non-hydrogen) atoms. The van der Waals surface area contributed by atoms with Crippen molar-refractivity contribution in [3.8, 4) is 0 Å². The first-order chi connectivity index (χ1) is 10.1. The number of aryl methyl sites for hydroxylation is 1.